The summed E-state index contributed by atoms with van der Waals surface area (Å²) >= 11 is 0. The standard InChI is InChI=1S/C25H27N9O4.ClH/c1-3-37-22(35)9-11-34(21-6-4-5-10-28-21)25(36)38-18-8-7-16-23(15(18)2)33-20(32-16)14-31-19-13-29-17(12-30-19)24(26)27;/h4-8,10,12-13H,3,9,11,14H2,1-2H3,(H3,26,27)(H,30,31)(H,32,33);1H. The lowest BCUT2D eigenvalue weighted by Crippen LogP contribution is -2.36. The van der Waals surface area contributed by atoms with Crippen LogP contribution in [0.1, 0.15) is 30.4 Å². The molecule has 0 unspecified atom stereocenters. The predicted molar refractivity (Wildman–Crippen MR) is 147 cm³/mol. The smallest absolute Gasteiger partial charge is 0.420 e. The summed E-state index contributed by atoms with van der Waals surface area (Å²) in [5, 5.41) is 10.5. The van der Waals surface area contributed by atoms with E-state index >= 15 is 0 Å². The van der Waals surface area contributed by atoms with Crippen LogP contribution in [0.4, 0.5) is 16.4 Å². The molecule has 0 aliphatic carbocycles. The molecule has 4 rings (SSSR count). The predicted octanol–water partition coefficient (Wildman–Crippen LogP) is 3.33. The summed E-state index contributed by atoms with van der Waals surface area (Å²) in [5.41, 5.74) is 7.76. The van der Waals surface area contributed by atoms with Crippen molar-refractivity contribution in [2.75, 3.05) is 23.4 Å². The van der Waals surface area contributed by atoms with Crippen LogP contribution >= 0.6 is 12.4 Å². The summed E-state index contributed by atoms with van der Waals surface area (Å²) in [6.45, 7) is 4.16. The number of carbonyl (C=O) groups excluding carboxylic acids is 2. The van der Waals surface area contributed by atoms with Crippen molar-refractivity contribution in [1.29, 1.82) is 5.41 Å². The van der Waals surface area contributed by atoms with Crippen LogP contribution in [0.15, 0.2) is 48.9 Å². The Hall–Kier alpha value is -4.78. The second-order valence-corrected chi connectivity index (χ2v) is 8.09. The molecule has 0 radical (unpaired) electrons. The average Bonchev–Trinajstić information content (AvgIpc) is 3.34. The molecule has 14 heteroatoms. The lowest BCUT2D eigenvalue weighted by Gasteiger charge is -2.21. The topological polar surface area (TPSA) is 185 Å². The largest absolute Gasteiger partial charge is 0.466 e. The molecule has 5 N–H and O–H groups in total. The van der Waals surface area contributed by atoms with Gasteiger partial charge in [-0.05, 0) is 38.1 Å². The normalized spacial score (nSPS) is 10.4. The van der Waals surface area contributed by atoms with Crippen molar-refractivity contribution in [3.8, 4) is 5.75 Å². The minimum atomic E-state index is -0.680. The summed E-state index contributed by atoms with van der Waals surface area (Å²) in [7, 11) is 0. The van der Waals surface area contributed by atoms with Gasteiger partial charge in [0.25, 0.3) is 0 Å². The molecule has 0 spiro atoms. The second-order valence-electron chi connectivity index (χ2n) is 8.09. The molecule has 3 aromatic heterocycles. The lowest BCUT2D eigenvalue weighted by atomic mass is 10.2. The molecule has 1 amide bonds. The van der Waals surface area contributed by atoms with Crippen molar-refractivity contribution in [1.82, 2.24) is 24.9 Å². The van der Waals surface area contributed by atoms with E-state index in [1.54, 1.807) is 50.4 Å². The van der Waals surface area contributed by atoms with Crippen LogP contribution in [0, 0.1) is 12.3 Å². The molecule has 3 heterocycles. The molecule has 0 bridgehead atoms. The molecule has 0 saturated heterocycles. The molecule has 204 valence electrons. The van der Waals surface area contributed by atoms with Crippen molar-refractivity contribution >= 4 is 53.0 Å². The first kappa shape index (κ1) is 28.8. The molecule has 4 aromatic rings. The maximum Gasteiger partial charge on any atom is 0.420 e. The number of halogens is 1. The van der Waals surface area contributed by atoms with E-state index in [1.165, 1.54) is 17.3 Å². The van der Waals surface area contributed by atoms with Gasteiger partial charge in [-0.2, -0.15) is 0 Å². The SMILES string of the molecule is CCOC(=O)CCN(C(=O)Oc1ccc2[nH]c(CNc3cnc(C(=N)N)cn3)nc2c1C)c1ccccn1.Cl. The number of carbonyl (C=O) groups is 2. The highest BCUT2D eigenvalue weighted by Crippen LogP contribution is 2.27. The van der Waals surface area contributed by atoms with Gasteiger partial charge in [0.05, 0.1) is 43.0 Å². The zero-order valence-corrected chi connectivity index (χ0v) is 22.1. The fraction of sp³-hybridized carbons (Fsp3) is 0.240. The Morgan fingerprint density at radius 3 is 2.64 bits per heavy atom. The van der Waals surface area contributed by atoms with Gasteiger partial charge >= 0.3 is 12.1 Å². The Morgan fingerprint density at radius 2 is 1.97 bits per heavy atom. The van der Waals surface area contributed by atoms with Gasteiger partial charge in [0.1, 0.15) is 34.7 Å². The Balaban J connectivity index is 0.00000420. The number of aromatic nitrogens is 5. The number of anilines is 2. The first-order valence-electron chi connectivity index (χ1n) is 11.8. The number of amides is 1. The number of hydrogen-bond donors (Lipinski definition) is 4. The molecule has 0 fully saturated rings. The fourth-order valence-corrected chi connectivity index (χ4v) is 3.57. The zero-order valence-electron chi connectivity index (χ0n) is 21.3. The third kappa shape index (κ3) is 7.17. The number of nitrogens with zero attached hydrogens (tertiary/aromatic N) is 5. The number of nitrogen functional groups attached to an aromatic ring is 1. The van der Waals surface area contributed by atoms with E-state index in [0.29, 0.717) is 46.5 Å². The highest BCUT2D eigenvalue weighted by Gasteiger charge is 2.22. The number of hydrogen-bond acceptors (Lipinski definition) is 10. The van der Waals surface area contributed by atoms with Crippen LogP contribution in [0.25, 0.3) is 11.0 Å². The second kappa shape index (κ2) is 13.1. The van der Waals surface area contributed by atoms with Gasteiger partial charge in [-0.1, -0.05) is 6.07 Å². The van der Waals surface area contributed by atoms with Gasteiger partial charge < -0.3 is 25.5 Å². The van der Waals surface area contributed by atoms with Crippen molar-refractivity contribution in [2.24, 2.45) is 5.73 Å². The molecule has 0 aliphatic heterocycles. The van der Waals surface area contributed by atoms with Gasteiger partial charge in [-0.25, -0.2) is 24.7 Å². The van der Waals surface area contributed by atoms with Gasteiger partial charge in [0.2, 0.25) is 0 Å². The third-order valence-corrected chi connectivity index (χ3v) is 5.46. The number of nitrogens with two attached hydrogens (primary N) is 1. The molecular formula is C25H28ClN9O4. The van der Waals surface area contributed by atoms with Crippen molar-refractivity contribution in [3.63, 3.8) is 0 Å². The number of nitrogens with one attached hydrogen (secondary N) is 3. The maximum atomic E-state index is 13.1. The van der Waals surface area contributed by atoms with Crippen LogP contribution in [0.3, 0.4) is 0 Å². The minimum absolute atomic E-state index is 0. The first-order valence-corrected chi connectivity index (χ1v) is 11.8. The zero-order chi connectivity index (χ0) is 27.1. The van der Waals surface area contributed by atoms with Crippen LogP contribution in [0.2, 0.25) is 0 Å². The van der Waals surface area contributed by atoms with Crippen molar-refractivity contribution in [3.05, 3.63) is 66.0 Å². The maximum absolute atomic E-state index is 13.1. The lowest BCUT2D eigenvalue weighted by molar-refractivity contribution is -0.142. The Morgan fingerprint density at radius 1 is 1.15 bits per heavy atom. The van der Waals surface area contributed by atoms with Crippen LogP contribution in [-0.4, -0.2) is 56.0 Å². The number of amidine groups is 1. The highest BCUT2D eigenvalue weighted by atomic mass is 35.5. The number of aryl methyl sites for hydroxylation is 1. The molecular weight excluding hydrogens is 526 g/mol. The number of imidazole rings is 1. The number of H-pyrrole nitrogens is 1. The van der Waals surface area contributed by atoms with Gasteiger partial charge in [0, 0.05) is 18.3 Å². The van der Waals surface area contributed by atoms with E-state index in [4.69, 9.17) is 20.6 Å². The average molecular weight is 554 g/mol. The van der Waals surface area contributed by atoms with E-state index < -0.39 is 12.1 Å². The number of aromatic amines is 1. The van der Waals surface area contributed by atoms with E-state index in [-0.39, 0.29) is 37.8 Å². The first-order chi connectivity index (χ1) is 18.4. The summed E-state index contributed by atoms with van der Waals surface area (Å²) in [6, 6.07) is 8.58. The summed E-state index contributed by atoms with van der Waals surface area (Å²) in [6.07, 6.45) is 3.77. The van der Waals surface area contributed by atoms with Gasteiger partial charge in [0.15, 0.2) is 0 Å². The summed E-state index contributed by atoms with van der Waals surface area (Å²) in [5.74, 6) is 1.24. The van der Waals surface area contributed by atoms with E-state index in [1.807, 2.05) is 0 Å². The molecule has 1 aromatic carbocycles. The number of benzene rings is 1. The highest BCUT2D eigenvalue weighted by molar-refractivity contribution is 5.92. The van der Waals surface area contributed by atoms with Crippen LogP contribution < -0.4 is 20.7 Å². The van der Waals surface area contributed by atoms with Gasteiger partial charge in [-0.15, -0.1) is 12.4 Å². The number of pyridine rings is 1. The molecule has 39 heavy (non-hydrogen) atoms. The Bertz CT molecular complexity index is 1450. The number of esters is 1. The number of rotatable bonds is 10. The Labute approximate surface area is 230 Å². The molecule has 13 nitrogen and oxygen atoms in total. The summed E-state index contributed by atoms with van der Waals surface area (Å²) < 4.78 is 10.7. The molecule has 0 atom stereocenters. The monoisotopic (exact) mass is 553 g/mol. The van der Waals surface area contributed by atoms with Crippen molar-refractivity contribution in [2.45, 2.75) is 26.8 Å². The quantitative estimate of drug-likeness (QED) is 0.129. The van der Waals surface area contributed by atoms with E-state index in [0.717, 1.165) is 5.52 Å². The van der Waals surface area contributed by atoms with Crippen molar-refractivity contribution < 1.29 is 19.1 Å². The van der Waals surface area contributed by atoms with E-state index in [2.05, 4.69) is 30.2 Å². The molecule has 0 saturated carbocycles. The van der Waals surface area contributed by atoms with E-state index in [9.17, 15) is 9.59 Å². The minimum Gasteiger partial charge on any atom is -0.466 e. The summed E-state index contributed by atoms with van der Waals surface area (Å²) in [4.78, 5) is 46.6. The molecule has 0 aliphatic rings. The fourth-order valence-electron chi connectivity index (χ4n) is 3.57. The number of fused-ring (bicyclic) bond motifs is 1. The third-order valence-electron chi connectivity index (χ3n) is 5.46. The van der Waals surface area contributed by atoms with Crippen LogP contribution in [-0.2, 0) is 16.1 Å². The van der Waals surface area contributed by atoms with Gasteiger partial charge in [-0.3, -0.25) is 15.1 Å². The number of ether oxygens (including phenoxy) is 2. The Kier molecular flexibility index (Phi) is 9.70. The van der Waals surface area contributed by atoms with Crippen LogP contribution in [0.5, 0.6) is 5.75 Å².